The van der Waals surface area contributed by atoms with Crippen molar-refractivity contribution in [3.8, 4) is 0 Å². The number of amides is 1. The number of hydrogen-bond donors (Lipinski definition) is 1. The summed E-state index contributed by atoms with van der Waals surface area (Å²) in [6.07, 6.45) is 3.18. The van der Waals surface area contributed by atoms with Gasteiger partial charge in [-0.15, -0.1) is 0 Å². The van der Waals surface area contributed by atoms with Gasteiger partial charge in [0.1, 0.15) is 5.82 Å². The second-order valence-electron chi connectivity index (χ2n) is 9.08. The van der Waals surface area contributed by atoms with Crippen LogP contribution in [0.25, 0.3) is 0 Å². The number of nitrogens with one attached hydrogen (secondary N) is 1. The first kappa shape index (κ1) is 23.2. The van der Waals surface area contributed by atoms with E-state index in [1.54, 1.807) is 0 Å². The van der Waals surface area contributed by atoms with Crippen LogP contribution in [0, 0.1) is 5.92 Å². The summed E-state index contributed by atoms with van der Waals surface area (Å²) in [7, 11) is 0. The van der Waals surface area contributed by atoms with Crippen molar-refractivity contribution < 1.29 is 4.79 Å². The Labute approximate surface area is 211 Å². The van der Waals surface area contributed by atoms with Gasteiger partial charge in [0.15, 0.2) is 0 Å². The van der Waals surface area contributed by atoms with Crippen LogP contribution in [0.4, 0.5) is 5.13 Å². The van der Waals surface area contributed by atoms with Crippen LogP contribution in [0.2, 0.25) is 0 Å². The van der Waals surface area contributed by atoms with Crippen LogP contribution in [-0.2, 0) is 17.6 Å². The highest BCUT2D eigenvalue weighted by atomic mass is 32.1. The second-order valence-corrected chi connectivity index (χ2v) is 9.81. The average Bonchev–Trinajstić information content (AvgIpc) is 3.38. The maximum atomic E-state index is 13.3. The number of piperidine rings is 1. The van der Waals surface area contributed by atoms with Gasteiger partial charge < -0.3 is 10.2 Å². The Morgan fingerprint density at radius 3 is 2.14 bits per heavy atom. The molecule has 0 radical (unpaired) electrons. The first-order valence-corrected chi connectivity index (χ1v) is 13.0. The number of carbonyl (C=O) groups excluding carboxylic acids is 1. The number of anilines is 1. The van der Waals surface area contributed by atoms with E-state index >= 15 is 0 Å². The first-order valence-electron chi connectivity index (χ1n) is 12.3. The minimum absolute atomic E-state index is 0.0185. The first-order chi connectivity index (χ1) is 17.2. The molecule has 1 saturated heterocycles. The molecule has 0 spiro atoms. The summed E-state index contributed by atoms with van der Waals surface area (Å²) in [4.78, 5) is 20.3. The van der Waals surface area contributed by atoms with Crippen LogP contribution >= 0.6 is 11.5 Å². The zero-order valence-electron chi connectivity index (χ0n) is 19.7. The van der Waals surface area contributed by atoms with Gasteiger partial charge in [0.05, 0.1) is 6.04 Å². The standard InChI is InChI=1S/C29H30N4OS/c34-28(30-26(24-14-8-3-9-15-24)20-22-10-4-1-5-11-22)25-16-18-33(19-17-25)29-31-27(32-35-29)21-23-12-6-2-7-13-23/h1-15,25-26H,16-21H2,(H,30,34). The molecule has 5 rings (SSSR count). The van der Waals surface area contributed by atoms with E-state index in [1.807, 2.05) is 54.6 Å². The highest BCUT2D eigenvalue weighted by Crippen LogP contribution is 2.27. The lowest BCUT2D eigenvalue weighted by Crippen LogP contribution is -2.42. The van der Waals surface area contributed by atoms with Crippen LogP contribution in [0.3, 0.4) is 0 Å². The zero-order valence-corrected chi connectivity index (χ0v) is 20.5. The Bertz CT molecular complexity index is 1210. The number of rotatable bonds is 8. The number of hydrogen-bond acceptors (Lipinski definition) is 5. The van der Waals surface area contributed by atoms with E-state index in [0.717, 1.165) is 55.3 Å². The van der Waals surface area contributed by atoms with Crippen LogP contribution in [0.1, 0.15) is 41.4 Å². The van der Waals surface area contributed by atoms with Gasteiger partial charge in [-0.2, -0.15) is 4.37 Å². The van der Waals surface area contributed by atoms with E-state index < -0.39 is 0 Å². The monoisotopic (exact) mass is 482 g/mol. The van der Waals surface area contributed by atoms with Crippen molar-refractivity contribution in [3.63, 3.8) is 0 Å². The van der Waals surface area contributed by atoms with Gasteiger partial charge in [-0.1, -0.05) is 91.0 Å². The van der Waals surface area contributed by atoms with E-state index in [0.29, 0.717) is 0 Å². The van der Waals surface area contributed by atoms with Gasteiger partial charge in [0.2, 0.25) is 11.0 Å². The van der Waals surface area contributed by atoms with E-state index in [-0.39, 0.29) is 17.9 Å². The predicted octanol–water partition coefficient (Wildman–Crippen LogP) is 5.45. The molecule has 6 heteroatoms. The highest BCUT2D eigenvalue weighted by molar-refractivity contribution is 7.09. The zero-order chi connectivity index (χ0) is 23.9. The summed E-state index contributed by atoms with van der Waals surface area (Å²) >= 11 is 1.46. The second kappa shape index (κ2) is 11.3. The SMILES string of the molecule is O=C(NC(Cc1ccccc1)c1ccccc1)C1CCN(c2nc(Cc3ccccc3)ns2)CC1. The van der Waals surface area contributed by atoms with Crippen molar-refractivity contribution in [2.45, 2.75) is 31.7 Å². The molecule has 5 nitrogen and oxygen atoms in total. The van der Waals surface area contributed by atoms with Gasteiger partial charge >= 0.3 is 0 Å². The molecule has 1 aliphatic rings. The molecule has 1 aliphatic heterocycles. The van der Waals surface area contributed by atoms with Crippen LogP contribution in [0.5, 0.6) is 0 Å². The van der Waals surface area contributed by atoms with Gasteiger partial charge in [0.25, 0.3) is 0 Å². The maximum absolute atomic E-state index is 13.3. The normalized spacial score (nSPS) is 15.0. The summed E-state index contributed by atoms with van der Waals surface area (Å²) in [5.41, 5.74) is 3.58. The van der Waals surface area contributed by atoms with Crippen molar-refractivity contribution in [1.29, 1.82) is 0 Å². The Kier molecular flexibility index (Phi) is 7.49. The minimum atomic E-state index is -0.0344. The van der Waals surface area contributed by atoms with Crippen molar-refractivity contribution in [1.82, 2.24) is 14.7 Å². The largest absolute Gasteiger partial charge is 0.349 e. The molecular formula is C29H30N4OS. The van der Waals surface area contributed by atoms with Gasteiger partial charge in [0, 0.05) is 37.0 Å². The summed E-state index contributed by atoms with van der Waals surface area (Å²) in [6, 6.07) is 30.9. The molecule has 35 heavy (non-hydrogen) atoms. The fraction of sp³-hybridized carbons (Fsp3) is 0.276. The number of carbonyl (C=O) groups is 1. The third-order valence-corrected chi connectivity index (χ3v) is 7.41. The van der Waals surface area contributed by atoms with Crippen molar-refractivity contribution >= 4 is 22.6 Å². The Morgan fingerprint density at radius 2 is 1.49 bits per heavy atom. The lowest BCUT2D eigenvalue weighted by molar-refractivity contribution is -0.126. The Balaban J connectivity index is 1.18. The topological polar surface area (TPSA) is 58.1 Å². The fourth-order valence-electron chi connectivity index (χ4n) is 4.63. The van der Waals surface area contributed by atoms with Crippen LogP contribution < -0.4 is 10.2 Å². The summed E-state index contributed by atoms with van der Waals surface area (Å²) in [6.45, 7) is 1.65. The van der Waals surface area contributed by atoms with E-state index in [9.17, 15) is 4.79 Å². The Hall–Kier alpha value is -3.51. The molecule has 3 aromatic carbocycles. The molecule has 1 N–H and O–H groups in total. The molecule has 1 aromatic heterocycles. The molecule has 1 fully saturated rings. The van der Waals surface area contributed by atoms with Crippen LogP contribution in [0.15, 0.2) is 91.0 Å². The van der Waals surface area contributed by atoms with E-state index in [4.69, 9.17) is 4.98 Å². The van der Waals surface area contributed by atoms with Crippen molar-refractivity contribution in [2.75, 3.05) is 18.0 Å². The molecule has 0 saturated carbocycles. The molecule has 1 atom stereocenters. The lowest BCUT2D eigenvalue weighted by atomic mass is 9.94. The van der Waals surface area contributed by atoms with E-state index in [2.05, 4.69) is 51.0 Å². The molecule has 4 aromatic rings. The predicted molar refractivity (Wildman–Crippen MR) is 142 cm³/mol. The minimum Gasteiger partial charge on any atom is -0.349 e. The van der Waals surface area contributed by atoms with Crippen molar-refractivity contribution in [3.05, 3.63) is 114 Å². The quantitative estimate of drug-likeness (QED) is 0.363. The number of benzene rings is 3. The molecule has 1 unspecified atom stereocenters. The molecule has 1 amide bonds. The lowest BCUT2D eigenvalue weighted by Gasteiger charge is -2.32. The summed E-state index contributed by atoms with van der Waals surface area (Å²) in [5, 5.41) is 4.31. The molecule has 0 aliphatic carbocycles. The van der Waals surface area contributed by atoms with Gasteiger partial charge in [-0.05, 0) is 36.0 Å². The van der Waals surface area contributed by atoms with E-state index in [1.165, 1.54) is 22.7 Å². The van der Waals surface area contributed by atoms with Gasteiger partial charge in [-0.3, -0.25) is 4.79 Å². The number of nitrogens with zero attached hydrogens (tertiary/aromatic N) is 3. The molecular weight excluding hydrogens is 452 g/mol. The summed E-state index contributed by atoms with van der Waals surface area (Å²) < 4.78 is 4.56. The molecule has 0 bridgehead atoms. The smallest absolute Gasteiger partial charge is 0.223 e. The fourth-order valence-corrected chi connectivity index (χ4v) is 5.37. The average molecular weight is 483 g/mol. The molecule has 2 heterocycles. The van der Waals surface area contributed by atoms with Crippen molar-refractivity contribution in [2.24, 2.45) is 5.92 Å². The summed E-state index contributed by atoms with van der Waals surface area (Å²) in [5.74, 6) is 1.03. The van der Waals surface area contributed by atoms with Crippen LogP contribution in [-0.4, -0.2) is 28.4 Å². The maximum Gasteiger partial charge on any atom is 0.223 e. The number of aromatic nitrogens is 2. The third-order valence-electron chi connectivity index (χ3n) is 6.60. The Morgan fingerprint density at radius 1 is 0.886 bits per heavy atom. The highest BCUT2D eigenvalue weighted by Gasteiger charge is 2.28. The third kappa shape index (κ3) is 6.14. The van der Waals surface area contributed by atoms with Gasteiger partial charge in [-0.25, -0.2) is 4.98 Å². The molecule has 178 valence electrons.